The first-order valence-corrected chi connectivity index (χ1v) is 12.5. The van der Waals surface area contributed by atoms with Crippen molar-refractivity contribution < 1.29 is 32.7 Å². The number of hydrogen-bond donors (Lipinski definition) is 3. The molecule has 0 saturated heterocycles. The van der Waals surface area contributed by atoms with Crippen molar-refractivity contribution in [2.45, 2.75) is 46.6 Å². The molecule has 0 radical (unpaired) electrons. The fraction of sp³-hybridized carbons (Fsp3) is 0.310. The summed E-state index contributed by atoms with van der Waals surface area (Å²) in [5.41, 5.74) is 2.95. The maximum atomic E-state index is 13.4. The van der Waals surface area contributed by atoms with Crippen molar-refractivity contribution in [1.82, 2.24) is 10.6 Å². The van der Waals surface area contributed by atoms with Crippen molar-refractivity contribution in [3.63, 3.8) is 0 Å². The van der Waals surface area contributed by atoms with E-state index >= 15 is 0 Å². The molecule has 0 aliphatic rings. The monoisotopic (exact) mass is 536 g/mol. The van der Waals surface area contributed by atoms with Crippen LogP contribution in [0.2, 0.25) is 0 Å². The third kappa shape index (κ3) is 5.55. The SMILES string of the molecule is CC[C@@H](C)[C@H](NC(=O)CNC(=O)Cc1c(C)c2cc3c(-c4ccc(F)cc4)coc3c(C)c2oc1=O)C(=O)O. The second-order valence-corrected chi connectivity index (χ2v) is 9.63. The lowest BCUT2D eigenvalue weighted by atomic mass is 9.97. The minimum Gasteiger partial charge on any atom is -0.480 e. The number of fused-ring (bicyclic) bond motifs is 2. The van der Waals surface area contributed by atoms with E-state index in [4.69, 9.17) is 8.83 Å². The molecule has 39 heavy (non-hydrogen) atoms. The van der Waals surface area contributed by atoms with Gasteiger partial charge < -0.3 is 24.6 Å². The molecule has 2 amide bonds. The van der Waals surface area contributed by atoms with Crippen LogP contribution >= 0.6 is 0 Å². The molecular weight excluding hydrogens is 507 g/mol. The van der Waals surface area contributed by atoms with Gasteiger partial charge in [-0.2, -0.15) is 0 Å². The van der Waals surface area contributed by atoms with Gasteiger partial charge in [-0.15, -0.1) is 0 Å². The number of aryl methyl sites for hydroxylation is 2. The van der Waals surface area contributed by atoms with E-state index in [2.05, 4.69) is 10.6 Å². The van der Waals surface area contributed by atoms with Crippen LogP contribution < -0.4 is 16.3 Å². The summed E-state index contributed by atoms with van der Waals surface area (Å²) in [5.74, 6) is -3.05. The minimum absolute atomic E-state index is 0.133. The van der Waals surface area contributed by atoms with Gasteiger partial charge in [0.2, 0.25) is 11.8 Å². The molecule has 0 bridgehead atoms. The highest BCUT2D eigenvalue weighted by Crippen LogP contribution is 2.37. The number of halogens is 1. The van der Waals surface area contributed by atoms with Crippen molar-refractivity contribution in [2.24, 2.45) is 5.92 Å². The standard InChI is InChI=1S/C29H29FN2O7/c1-5-14(2)25(28(35)36)32-24(34)12-31-23(33)11-20-15(3)19-10-21-22(17-6-8-18(30)9-7-17)13-38-26(21)16(4)27(19)39-29(20)37/h6-10,13-14,25H,5,11-12H2,1-4H3,(H,31,33)(H,32,34)(H,35,36)/t14-,25+/m1/s1. The zero-order valence-corrected chi connectivity index (χ0v) is 22.0. The van der Waals surface area contributed by atoms with Gasteiger partial charge in [0.1, 0.15) is 23.0 Å². The van der Waals surface area contributed by atoms with Crippen LogP contribution in [0.4, 0.5) is 4.39 Å². The Morgan fingerprint density at radius 1 is 1.03 bits per heavy atom. The highest BCUT2D eigenvalue weighted by molar-refractivity contribution is 6.05. The smallest absolute Gasteiger partial charge is 0.340 e. The first kappa shape index (κ1) is 27.6. The van der Waals surface area contributed by atoms with Gasteiger partial charge in [0.05, 0.1) is 24.8 Å². The molecule has 2 aromatic heterocycles. The molecule has 2 aromatic carbocycles. The summed E-state index contributed by atoms with van der Waals surface area (Å²) in [6.45, 7) is 6.56. The van der Waals surface area contributed by atoms with Gasteiger partial charge >= 0.3 is 11.6 Å². The lowest BCUT2D eigenvalue weighted by Gasteiger charge is -2.20. The van der Waals surface area contributed by atoms with E-state index in [0.29, 0.717) is 34.1 Å². The van der Waals surface area contributed by atoms with E-state index in [-0.39, 0.29) is 23.7 Å². The van der Waals surface area contributed by atoms with Gasteiger partial charge in [0, 0.05) is 21.9 Å². The van der Waals surface area contributed by atoms with Crippen LogP contribution in [0.25, 0.3) is 33.1 Å². The zero-order valence-electron chi connectivity index (χ0n) is 22.0. The van der Waals surface area contributed by atoms with Crippen LogP contribution in [0.1, 0.15) is 37.0 Å². The fourth-order valence-corrected chi connectivity index (χ4v) is 4.56. The Morgan fingerprint density at radius 3 is 2.36 bits per heavy atom. The van der Waals surface area contributed by atoms with Crippen LogP contribution in [-0.4, -0.2) is 35.5 Å². The third-order valence-electron chi connectivity index (χ3n) is 7.08. The maximum absolute atomic E-state index is 13.4. The first-order chi connectivity index (χ1) is 18.5. The Kier molecular flexibility index (Phi) is 7.85. The summed E-state index contributed by atoms with van der Waals surface area (Å²) in [6.07, 6.45) is 1.78. The van der Waals surface area contributed by atoms with Crippen molar-refractivity contribution in [1.29, 1.82) is 0 Å². The third-order valence-corrected chi connectivity index (χ3v) is 7.08. The lowest BCUT2D eigenvalue weighted by Crippen LogP contribution is -2.48. The molecule has 0 aliphatic heterocycles. The normalized spacial score (nSPS) is 12.8. The summed E-state index contributed by atoms with van der Waals surface area (Å²) in [4.78, 5) is 49.2. The van der Waals surface area contributed by atoms with Crippen LogP contribution in [-0.2, 0) is 20.8 Å². The molecule has 204 valence electrons. The topological polar surface area (TPSA) is 139 Å². The Morgan fingerprint density at radius 2 is 1.72 bits per heavy atom. The van der Waals surface area contributed by atoms with Crippen LogP contribution in [0.5, 0.6) is 0 Å². The average Bonchev–Trinajstić information content (AvgIpc) is 3.33. The number of hydrogen-bond acceptors (Lipinski definition) is 6. The number of carbonyl (C=O) groups excluding carboxylic acids is 2. The minimum atomic E-state index is -1.15. The summed E-state index contributed by atoms with van der Waals surface area (Å²) < 4.78 is 24.8. The molecule has 2 heterocycles. The molecular formula is C29H29FN2O7. The predicted octanol–water partition coefficient (Wildman–Crippen LogP) is 4.24. The second kappa shape index (κ2) is 11.1. The van der Waals surface area contributed by atoms with Gasteiger partial charge in [-0.1, -0.05) is 32.4 Å². The van der Waals surface area contributed by atoms with Crippen molar-refractivity contribution in [2.75, 3.05) is 6.54 Å². The Bertz CT molecular complexity index is 1640. The van der Waals surface area contributed by atoms with Crippen molar-refractivity contribution in [3.05, 3.63) is 69.5 Å². The molecule has 3 N–H and O–H groups in total. The number of benzene rings is 2. The molecule has 0 spiro atoms. The zero-order chi connectivity index (χ0) is 28.4. The summed E-state index contributed by atoms with van der Waals surface area (Å²) >= 11 is 0. The lowest BCUT2D eigenvalue weighted by molar-refractivity contribution is -0.143. The summed E-state index contributed by atoms with van der Waals surface area (Å²) in [7, 11) is 0. The number of carboxylic acids is 1. The maximum Gasteiger partial charge on any atom is 0.340 e. The van der Waals surface area contributed by atoms with Crippen LogP contribution in [0, 0.1) is 25.6 Å². The summed E-state index contributed by atoms with van der Waals surface area (Å²) in [6, 6.07) is 6.74. The quantitative estimate of drug-likeness (QED) is 0.272. The van der Waals surface area contributed by atoms with E-state index in [1.165, 1.54) is 12.1 Å². The van der Waals surface area contributed by atoms with Gasteiger partial charge in [0.15, 0.2) is 0 Å². The van der Waals surface area contributed by atoms with Crippen molar-refractivity contribution in [3.8, 4) is 11.1 Å². The van der Waals surface area contributed by atoms with Crippen LogP contribution in [0.3, 0.4) is 0 Å². The van der Waals surface area contributed by atoms with Crippen molar-refractivity contribution >= 4 is 39.7 Å². The molecule has 0 fully saturated rings. The number of carbonyl (C=O) groups is 3. The predicted molar refractivity (Wildman–Crippen MR) is 143 cm³/mol. The first-order valence-electron chi connectivity index (χ1n) is 12.5. The number of carboxylic acid groups (broad SMARTS) is 1. The number of nitrogens with one attached hydrogen (secondary N) is 2. The molecule has 0 unspecified atom stereocenters. The number of rotatable bonds is 9. The number of aliphatic carboxylic acids is 1. The van der Waals surface area contributed by atoms with Gasteiger partial charge in [0.25, 0.3) is 0 Å². The van der Waals surface area contributed by atoms with E-state index in [1.807, 2.05) is 13.0 Å². The average molecular weight is 537 g/mol. The number of amides is 2. The Labute approximate surface area is 223 Å². The van der Waals surface area contributed by atoms with E-state index in [0.717, 1.165) is 16.5 Å². The highest BCUT2D eigenvalue weighted by Gasteiger charge is 2.26. The Balaban J connectivity index is 1.59. The molecule has 4 rings (SSSR count). The van der Waals surface area contributed by atoms with E-state index < -0.39 is 36.0 Å². The van der Waals surface area contributed by atoms with E-state index in [1.54, 1.807) is 39.2 Å². The van der Waals surface area contributed by atoms with Crippen LogP contribution in [0.15, 0.2) is 50.2 Å². The molecule has 9 nitrogen and oxygen atoms in total. The highest BCUT2D eigenvalue weighted by atomic mass is 19.1. The second-order valence-electron chi connectivity index (χ2n) is 9.63. The molecule has 10 heteroatoms. The van der Waals surface area contributed by atoms with Gasteiger partial charge in [-0.05, 0) is 49.1 Å². The molecule has 2 atom stereocenters. The van der Waals surface area contributed by atoms with Gasteiger partial charge in [-0.25, -0.2) is 14.0 Å². The van der Waals surface area contributed by atoms with Gasteiger partial charge in [-0.3, -0.25) is 9.59 Å². The largest absolute Gasteiger partial charge is 0.480 e. The van der Waals surface area contributed by atoms with E-state index in [9.17, 15) is 28.7 Å². The molecule has 0 aliphatic carbocycles. The summed E-state index contributed by atoms with van der Waals surface area (Å²) in [5, 5.41) is 15.5. The molecule has 0 saturated carbocycles. The fourth-order valence-electron chi connectivity index (χ4n) is 4.56. The molecule has 4 aromatic rings. The Hall–Kier alpha value is -4.47. The number of furan rings is 1.